The number of Topliss-reactive ketones (excluding diaryl/α,β-unsaturated/α-hetero) is 1. The van der Waals surface area contributed by atoms with E-state index in [9.17, 15) is 9.59 Å². The normalized spacial score (nSPS) is 27.4. The molecule has 5 atom stereocenters. The summed E-state index contributed by atoms with van der Waals surface area (Å²) >= 11 is 1.60. The van der Waals surface area contributed by atoms with Crippen LogP contribution in [0.5, 0.6) is 0 Å². The molecule has 47 heavy (non-hydrogen) atoms. The van der Waals surface area contributed by atoms with Crippen molar-refractivity contribution in [1.29, 1.82) is 0 Å². The van der Waals surface area contributed by atoms with Gasteiger partial charge in [-0.05, 0) is 86.9 Å². The van der Waals surface area contributed by atoms with Crippen LogP contribution in [0.4, 0.5) is 0 Å². The van der Waals surface area contributed by atoms with Gasteiger partial charge in [0, 0.05) is 23.1 Å². The van der Waals surface area contributed by atoms with Gasteiger partial charge in [-0.1, -0.05) is 81.4 Å². The van der Waals surface area contributed by atoms with Crippen molar-refractivity contribution < 1.29 is 23.2 Å². The minimum Gasteiger partial charge on any atom is -0.457 e. The van der Waals surface area contributed by atoms with Gasteiger partial charge in [-0.2, -0.15) is 0 Å². The highest BCUT2D eigenvalue weighted by atomic mass is 32.1. The first-order chi connectivity index (χ1) is 21.3. The average Bonchev–Trinajstić information content (AvgIpc) is 3.33. The molecule has 0 saturated heterocycles. The van der Waals surface area contributed by atoms with Gasteiger partial charge >= 0.3 is 5.97 Å². The van der Waals surface area contributed by atoms with Crippen molar-refractivity contribution in [3.63, 3.8) is 0 Å². The van der Waals surface area contributed by atoms with Gasteiger partial charge in [0.2, 0.25) is 0 Å². The lowest BCUT2D eigenvalue weighted by Crippen LogP contribution is -2.54. The lowest BCUT2D eigenvalue weighted by molar-refractivity contribution is -0.153. The molecule has 0 fully saturated rings. The number of aryl methyl sites for hydroxylation is 1. The molecule has 0 spiro atoms. The van der Waals surface area contributed by atoms with E-state index in [1.54, 1.807) is 11.3 Å². The second kappa shape index (κ2) is 16.1. The summed E-state index contributed by atoms with van der Waals surface area (Å²) in [5.41, 5.74) is 0.873. The van der Waals surface area contributed by atoms with E-state index in [1.165, 1.54) is 0 Å². The second-order valence-corrected chi connectivity index (χ2v) is 28.1. The van der Waals surface area contributed by atoms with E-state index in [0.29, 0.717) is 6.42 Å². The molecule has 1 aliphatic rings. The van der Waals surface area contributed by atoms with Crippen LogP contribution in [-0.2, 0) is 23.2 Å². The predicted molar refractivity (Wildman–Crippen MR) is 204 cm³/mol. The molecule has 0 bridgehead atoms. The molecular formula is C38H67NO5SSi2. The molecule has 0 N–H and O–H groups in total. The van der Waals surface area contributed by atoms with Gasteiger partial charge in [-0.3, -0.25) is 9.59 Å². The summed E-state index contributed by atoms with van der Waals surface area (Å²) in [5.74, 6) is -0.427. The van der Waals surface area contributed by atoms with Crippen LogP contribution in [0.25, 0.3) is 6.08 Å². The Morgan fingerprint density at radius 1 is 1.00 bits per heavy atom. The number of rotatable bonds is 6. The molecule has 0 saturated carbocycles. The molecule has 2 rings (SSSR count). The molecule has 1 aromatic rings. The molecule has 0 unspecified atom stereocenters. The van der Waals surface area contributed by atoms with Gasteiger partial charge in [-0.25, -0.2) is 4.98 Å². The van der Waals surface area contributed by atoms with Crippen LogP contribution in [-0.4, -0.2) is 51.7 Å². The highest BCUT2D eigenvalue weighted by Gasteiger charge is 2.50. The number of aromatic nitrogens is 1. The van der Waals surface area contributed by atoms with Crippen molar-refractivity contribution in [3.05, 3.63) is 33.8 Å². The minimum absolute atomic E-state index is 0.00455. The molecule has 268 valence electrons. The van der Waals surface area contributed by atoms with Gasteiger partial charge in [-0.15, -0.1) is 11.3 Å². The molecule has 2 heterocycles. The third kappa shape index (κ3) is 11.3. The summed E-state index contributed by atoms with van der Waals surface area (Å²) in [7, 11) is -4.57. The fraction of sp³-hybridized carbons (Fsp3) is 0.763. The maximum atomic E-state index is 14.8. The Morgan fingerprint density at radius 2 is 1.57 bits per heavy atom. The molecule has 9 heteroatoms. The first kappa shape index (κ1) is 41.8. The zero-order chi connectivity index (χ0) is 36.2. The molecule has 0 radical (unpaired) electrons. The fourth-order valence-electron chi connectivity index (χ4n) is 5.62. The van der Waals surface area contributed by atoms with E-state index in [2.05, 4.69) is 91.8 Å². The topological polar surface area (TPSA) is 74.7 Å². The van der Waals surface area contributed by atoms with Crippen molar-refractivity contribution in [2.75, 3.05) is 0 Å². The third-order valence-corrected chi connectivity index (χ3v) is 20.8. The van der Waals surface area contributed by atoms with Crippen LogP contribution in [0.2, 0.25) is 36.3 Å². The summed E-state index contributed by atoms with van der Waals surface area (Å²) < 4.78 is 20.4. The number of ketones is 1. The maximum Gasteiger partial charge on any atom is 0.309 e. The molecular weight excluding hydrogens is 639 g/mol. The standard InChI is InChI=1S/C38H67NO5SSi2/c1-26-21-19-17-18-20-22-31(27(2)23-30-25-45-29(4)39-30)42-33(40)24-32(43-46(13,14)36(5,6)7)38(11,12)35(41)28(3)34(26)44-47(15,16)37(8,9)10/h18,20,23,25-26,28,31-32,34H,17,19,21-22,24H2,1-16H3/b20-18+,27-23-/t26-,28+,31-,32+,34-/m0/s1. The SMILES string of the molecule is C/C(=C/c1csc(C)n1)[C@@H]1C/C=C/CCC[C@H](C)[C@H](O[Si](C)(C)C(C)(C)C)[C@@H](C)C(=O)C(C)(C)[C@H](O[Si](C)(C)C(C)(C)C)CC(=O)O1. The number of hydrogen-bond acceptors (Lipinski definition) is 7. The van der Waals surface area contributed by atoms with Crippen molar-refractivity contribution in [3.8, 4) is 0 Å². The Labute approximate surface area is 293 Å². The van der Waals surface area contributed by atoms with Crippen LogP contribution >= 0.6 is 11.3 Å². The van der Waals surface area contributed by atoms with Gasteiger partial charge < -0.3 is 13.6 Å². The molecule has 0 amide bonds. The summed E-state index contributed by atoms with van der Waals surface area (Å²) in [5, 5.41) is 2.94. The second-order valence-electron chi connectivity index (χ2n) is 17.6. The molecule has 1 aliphatic heterocycles. The van der Waals surface area contributed by atoms with Crippen LogP contribution in [0.3, 0.4) is 0 Å². The number of thiazole rings is 1. The van der Waals surface area contributed by atoms with Gasteiger partial charge in [0.15, 0.2) is 16.6 Å². The Balaban J connectivity index is 2.62. The number of hydrogen-bond donors (Lipinski definition) is 0. The summed E-state index contributed by atoms with van der Waals surface area (Å²) in [6.07, 6.45) is 8.53. The number of cyclic esters (lactones) is 1. The van der Waals surface area contributed by atoms with Crippen molar-refractivity contribution in [1.82, 2.24) is 4.98 Å². The minimum atomic E-state index is -2.38. The molecule has 1 aromatic heterocycles. The molecule has 0 aromatic carbocycles. The van der Waals surface area contributed by atoms with Crippen LogP contribution < -0.4 is 0 Å². The lowest BCUT2D eigenvalue weighted by atomic mass is 9.73. The number of nitrogens with zero attached hydrogens (tertiary/aromatic N) is 1. The third-order valence-electron chi connectivity index (χ3n) is 11.1. The van der Waals surface area contributed by atoms with Crippen LogP contribution in [0.15, 0.2) is 23.1 Å². The maximum absolute atomic E-state index is 14.8. The number of ether oxygens (including phenoxy) is 1. The highest BCUT2D eigenvalue weighted by Crippen LogP contribution is 2.44. The molecule has 6 nitrogen and oxygen atoms in total. The van der Waals surface area contributed by atoms with E-state index in [4.69, 9.17) is 13.6 Å². The smallest absolute Gasteiger partial charge is 0.309 e. The van der Waals surface area contributed by atoms with E-state index in [1.807, 2.05) is 46.1 Å². The zero-order valence-corrected chi connectivity index (χ0v) is 35.4. The summed E-state index contributed by atoms with van der Waals surface area (Å²) in [6.45, 7) is 34.4. The monoisotopic (exact) mass is 705 g/mol. The van der Waals surface area contributed by atoms with Gasteiger partial charge in [0.05, 0.1) is 29.3 Å². The van der Waals surface area contributed by atoms with Crippen LogP contribution in [0, 0.1) is 24.2 Å². The largest absolute Gasteiger partial charge is 0.457 e. The quantitative estimate of drug-likeness (QED) is 0.167. The summed E-state index contributed by atoms with van der Waals surface area (Å²) in [6, 6.07) is 0. The van der Waals surface area contributed by atoms with Crippen molar-refractivity contribution >= 4 is 45.8 Å². The van der Waals surface area contributed by atoms with Gasteiger partial charge in [0.25, 0.3) is 0 Å². The number of esters is 1. The van der Waals surface area contributed by atoms with Crippen molar-refractivity contribution in [2.24, 2.45) is 17.3 Å². The Hall–Kier alpha value is -1.40. The van der Waals surface area contributed by atoms with E-state index in [-0.39, 0.29) is 46.2 Å². The predicted octanol–water partition coefficient (Wildman–Crippen LogP) is 10.9. The zero-order valence-electron chi connectivity index (χ0n) is 32.6. The van der Waals surface area contributed by atoms with E-state index >= 15 is 0 Å². The van der Waals surface area contributed by atoms with Gasteiger partial charge in [0.1, 0.15) is 11.9 Å². The lowest BCUT2D eigenvalue weighted by Gasteiger charge is -2.46. The Morgan fingerprint density at radius 3 is 2.11 bits per heavy atom. The number of allylic oxidation sites excluding steroid dienone is 1. The van der Waals surface area contributed by atoms with E-state index in [0.717, 1.165) is 35.5 Å². The van der Waals surface area contributed by atoms with E-state index < -0.39 is 34.3 Å². The first-order valence-electron chi connectivity index (χ1n) is 17.6. The summed E-state index contributed by atoms with van der Waals surface area (Å²) in [4.78, 5) is 33.3. The Kier molecular flexibility index (Phi) is 14.3. The van der Waals surface area contributed by atoms with Crippen LogP contribution in [0.1, 0.15) is 119 Å². The highest BCUT2D eigenvalue weighted by molar-refractivity contribution is 7.09. The average molecular weight is 706 g/mol. The fourth-order valence-corrected chi connectivity index (χ4v) is 9.10. The Bertz CT molecular complexity index is 1270. The van der Waals surface area contributed by atoms with Crippen molar-refractivity contribution in [2.45, 2.75) is 170 Å². The first-order valence-corrected chi connectivity index (χ1v) is 24.3. The number of carbonyl (C=O) groups is 2. The number of carbonyl (C=O) groups excluding carboxylic acids is 2. The molecule has 0 aliphatic carbocycles.